The largest absolute Gasteiger partial charge is 0.450 e. The van der Waals surface area contributed by atoms with Gasteiger partial charge in [0.2, 0.25) is 0 Å². The molecule has 5 aliphatic rings. The standard InChI is InChI=1S/C27H38Cl2O5/c1-15-11-19-18-6-5-16-12-17(30)7-8-24(16,3)26(18,29)20(31)13-25(19,4)27(15,21(32)14-28)34-22(33)23(2)9-10-23/h15-16,18-20,31H,5-14H2,1-4H3/t15-,16?,18+,19+,20+,24+,25+,26+,27+/m1/s1. The molecule has 0 aliphatic heterocycles. The van der Waals surface area contributed by atoms with E-state index in [0.29, 0.717) is 25.7 Å². The van der Waals surface area contributed by atoms with E-state index in [1.165, 1.54) is 0 Å². The van der Waals surface area contributed by atoms with E-state index in [4.69, 9.17) is 27.9 Å². The van der Waals surface area contributed by atoms with Crippen LogP contribution < -0.4 is 0 Å². The highest BCUT2D eigenvalue weighted by molar-refractivity contribution is 6.29. The molecule has 5 nitrogen and oxygen atoms in total. The summed E-state index contributed by atoms with van der Waals surface area (Å²) in [6, 6.07) is 0. The number of ether oxygens (including phenoxy) is 1. The smallest absolute Gasteiger partial charge is 0.312 e. The van der Waals surface area contributed by atoms with E-state index >= 15 is 0 Å². The number of rotatable bonds is 4. The molecule has 0 aromatic heterocycles. The van der Waals surface area contributed by atoms with Crippen LogP contribution in [-0.2, 0) is 19.1 Å². The predicted octanol–water partition coefficient (Wildman–Crippen LogP) is 5.07. The molecule has 0 bridgehead atoms. The van der Waals surface area contributed by atoms with Crippen LogP contribution in [0.2, 0.25) is 0 Å². The third kappa shape index (κ3) is 2.93. The van der Waals surface area contributed by atoms with Gasteiger partial charge in [0.15, 0.2) is 11.4 Å². The molecule has 34 heavy (non-hydrogen) atoms. The Morgan fingerprint density at radius 1 is 1.09 bits per heavy atom. The number of fused-ring (bicyclic) bond motifs is 5. The summed E-state index contributed by atoms with van der Waals surface area (Å²) in [7, 11) is 0. The Balaban J connectivity index is 1.58. The monoisotopic (exact) mass is 512 g/mol. The van der Waals surface area contributed by atoms with Gasteiger partial charge in [0.1, 0.15) is 5.78 Å². The van der Waals surface area contributed by atoms with E-state index in [1.54, 1.807) is 0 Å². The number of esters is 1. The SMILES string of the molecule is C[C@@H]1C[C@H]2[C@@H]3CCC4CC(=O)CC[C@]4(C)[C@@]3(Cl)[C@@H](O)C[C@]2(C)[C@@]1(OC(=O)C1(C)CC1)C(=O)CCl. The zero-order valence-corrected chi connectivity index (χ0v) is 22.3. The summed E-state index contributed by atoms with van der Waals surface area (Å²) in [4.78, 5) is 38.2. The molecule has 5 saturated carbocycles. The molecule has 5 rings (SSSR count). The Labute approximate surface area is 212 Å². The van der Waals surface area contributed by atoms with Gasteiger partial charge < -0.3 is 9.84 Å². The lowest BCUT2D eigenvalue weighted by molar-refractivity contribution is -0.210. The van der Waals surface area contributed by atoms with Crippen LogP contribution in [0.4, 0.5) is 0 Å². The fourth-order valence-corrected chi connectivity index (χ4v) is 9.79. The summed E-state index contributed by atoms with van der Waals surface area (Å²) in [5.41, 5.74) is -3.00. The van der Waals surface area contributed by atoms with Gasteiger partial charge in [-0.25, -0.2) is 0 Å². The molecule has 190 valence electrons. The summed E-state index contributed by atoms with van der Waals surface area (Å²) in [5.74, 6) is -0.582. The number of hydrogen-bond donors (Lipinski definition) is 1. The lowest BCUT2D eigenvalue weighted by Gasteiger charge is -2.66. The third-order valence-electron chi connectivity index (χ3n) is 11.4. The van der Waals surface area contributed by atoms with Gasteiger partial charge in [-0.3, -0.25) is 14.4 Å². The lowest BCUT2D eigenvalue weighted by atomic mass is 9.43. The maximum Gasteiger partial charge on any atom is 0.312 e. The molecule has 5 fully saturated rings. The number of alkyl halides is 2. The fourth-order valence-electron chi connectivity index (χ4n) is 9.00. The highest BCUT2D eigenvalue weighted by Gasteiger charge is 2.77. The minimum absolute atomic E-state index is 0.0192. The zero-order chi connectivity index (χ0) is 24.9. The molecular formula is C27H38Cl2O5. The Morgan fingerprint density at radius 2 is 1.76 bits per heavy atom. The first-order valence-electron chi connectivity index (χ1n) is 13.0. The minimum atomic E-state index is -1.36. The first-order valence-corrected chi connectivity index (χ1v) is 13.9. The van der Waals surface area contributed by atoms with Crippen molar-refractivity contribution in [3.8, 4) is 0 Å². The fraction of sp³-hybridized carbons (Fsp3) is 0.889. The minimum Gasteiger partial charge on any atom is -0.450 e. The molecule has 1 N–H and O–H groups in total. The van der Waals surface area contributed by atoms with E-state index in [1.807, 2.05) is 20.8 Å². The molecule has 9 atom stereocenters. The molecule has 0 heterocycles. The van der Waals surface area contributed by atoms with Gasteiger partial charge in [0, 0.05) is 24.2 Å². The van der Waals surface area contributed by atoms with Crippen molar-refractivity contribution in [1.29, 1.82) is 0 Å². The van der Waals surface area contributed by atoms with Gasteiger partial charge in [-0.05, 0) is 75.0 Å². The summed E-state index contributed by atoms with van der Waals surface area (Å²) >= 11 is 13.7. The van der Waals surface area contributed by atoms with Crippen LogP contribution in [-0.4, -0.2) is 45.1 Å². The second kappa shape index (κ2) is 7.68. The van der Waals surface area contributed by atoms with E-state index in [-0.39, 0.29) is 58.9 Å². The molecule has 0 spiro atoms. The maximum atomic E-state index is 13.6. The van der Waals surface area contributed by atoms with Crippen molar-refractivity contribution in [3.63, 3.8) is 0 Å². The molecule has 0 amide bonds. The number of ketones is 2. The first kappa shape index (κ1) is 25.0. The lowest BCUT2D eigenvalue weighted by Crippen LogP contribution is -2.71. The molecule has 0 aromatic carbocycles. The number of halogens is 2. The summed E-state index contributed by atoms with van der Waals surface area (Å²) in [5, 5.41) is 11.8. The summed E-state index contributed by atoms with van der Waals surface area (Å²) < 4.78 is 6.30. The van der Waals surface area contributed by atoms with Gasteiger partial charge in [-0.1, -0.05) is 20.8 Å². The van der Waals surface area contributed by atoms with Crippen molar-refractivity contribution in [1.82, 2.24) is 0 Å². The molecule has 0 aromatic rings. The van der Waals surface area contributed by atoms with Crippen LogP contribution in [0.3, 0.4) is 0 Å². The number of carbonyl (C=O) groups is 3. The van der Waals surface area contributed by atoms with Crippen LogP contribution in [0.15, 0.2) is 0 Å². The average Bonchev–Trinajstić information content (AvgIpc) is 3.50. The molecule has 5 aliphatic carbocycles. The first-order chi connectivity index (χ1) is 15.8. The summed E-state index contributed by atoms with van der Waals surface area (Å²) in [6.07, 6.45) is 5.06. The highest BCUT2D eigenvalue weighted by Crippen LogP contribution is 2.73. The Morgan fingerprint density at radius 3 is 2.38 bits per heavy atom. The van der Waals surface area contributed by atoms with Crippen LogP contribution >= 0.6 is 23.2 Å². The van der Waals surface area contributed by atoms with Crippen molar-refractivity contribution in [2.24, 2.45) is 39.9 Å². The van der Waals surface area contributed by atoms with Crippen LogP contribution in [0, 0.1) is 39.9 Å². The van der Waals surface area contributed by atoms with Crippen LogP contribution in [0.1, 0.15) is 85.5 Å². The number of Topliss-reactive ketones (excluding diaryl/α,β-unsaturated/α-hetero) is 2. The van der Waals surface area contributed by atoms with E-state index in [0.717, 1.165) is 25.7 Å². The normalized spacial score (nSPS) is 51.1. The van der Waals surface area contributed by atoms with Crippen molar-refractivity contribution < 1.29 is 24.2 Å². The third-order valence-corrected chi connectivity index (χ3v) is 12.6. The van der Waals surface area contributed by atoms with Gasteiger partial charge in [-0.2, -0.15) is 0 Å². The van der Waals surface area contributed by atoms with Gasteiger partial charge in [0.05, 0.1) is 22.3 Å². The van der Waals surface area contributed by atoms with Crippen LogP contribution in [0.25, 0.3) is 0 Å². The average molecular weight is 514 g/mol. The van der Waals surface area contributed by atoms with Crippen molar-refractivity contribution in [2.45, 2.75) is 102 Å². The van der Waals surface area contributed by atoms with Crippen LogP contribution in [0.5, 0.6) is 0 Å². The Hall–Kier alpha value is -0.650. The molecule has 0 radical (unpaired) electrons. The number of aliphatic hydroxyl groups is 1. The molecule has 7 heteroatoms. The molecule has 1 unspecified atom stereocenters. The number of carbonyl (C=O) groups excluding carboxylic acids is 3. The van der Waals surface area contributed by atoms with Gasteiger partial charge in [-0.15, -0.1) is 23.2 Å². The van der Waals surface area contributed by atoms with E-state index in [9.17, 15) is 19.5 Å². The van der Waals surface area contributed by atoms with Crippen molar-refractivity contribution in [3.05, 3.63) is 0 Å². The van der Waals surface area contributed by atoms with Gasteiger partial charge in [0.25, 0.3) is 0 Å². The predicted molar refractivity (Wildman–Crippen MR) is 130 cm³/mol. The number of hydrogen-bond acceptors (Lipinski definition) is 5. The maximum absolute atomic E-state index is 13.6. The highest BCUT2D eigenvalue weighted by atomic mass is 35.5. The van der Waals surface area contributed by atoms with Crippen molar-refractivity contribution in [2.75, 3.05) is 5.88 Å². The van der Waals surface area contributed by atoms with Gasteiger partial charge >= 0.3 is 5.97 Å². The Kier molecular flexibility index (Phi) is 5.65. The zero-order valence-electron chi connectivity index (χ0n) is 20.8. The molecule has 0 saturated heterocycles. The van der Waals surface area contributed by atoms with E-state index < -0.39 is 27.4 Å². The Bertz CT molecular complexity index is 932. The second-order valence-electron chi connectivity index (χ2n) is 12.9. The second-order valence-corrected chi connectivity index (χ2v) is 13.8. The van der Waals surface area contributed by atoms with Crippen molar-refractivity contribution >= 4 is 40.7 Å². The van der Waals surface area contributed by atoms with E-state index in [2.05, 4.69) is 6.92 Å². The topological polar surface area (TPSA) is 80.7 Å². The number of aliphatic hydroxyl groups excluding tert-OH is 1. The molecular weight excluding hydrogens is 475 g/mol. The quantitative estimate of drug-likeness (QED) is 0.420. The summed E-state index contributed by atoms with van der Waals surface area (Å²) in [6.45, 7) is 8.07.